The highest BCUT2D eigenvalue weighted by Gasteiger charge is 2.12. The van der Waals surface area contributed by atoms with E-state index in [1.54, 1.807) is 0 Å². The van der Waals surface area contributed by atoms with Crippen LogP contribution in [0.25, 0.3) is 11.4 Å². The molecule has 0 unspecified atom stereocenters. The van der Waals surface area contributed by atoms with Gasteiger partial charge < -0.3 is 15.8 Å². The fourth-order valence-corrected chi connectivity index (χ4v) is 1.88. The first-order chi connectivity index (χ1) is 10.7. The number of rotatable bonds is 6. The molecule has 2 rings (SSSR count). The van der Waals surface area contributed by atoms with Crippen molar-refractivity contribution in [1.82, 2.24) is 15.3 Å². The SMILES string of the molecule is CCCOc1ccc(-c2ncc(C(=O)NCC)c(N)n2)cc1. The summed E-state index contributed by atoms with van der Waals surface area (Å²) in [7, 11) is 0. The quantitative estimate of drug-likeness (QED) is 0.854. The second-order valence-corrected chi connectivity index (χ2v) is 4.72. The Morgan fingerprint density at radius 2 is 2.00 bits per heavy atom. The van der Waals surface area contributed by atoms with Crippen LogP contribution >= 0.6 is 0 Å². The van der Waals surface area contributed by atoms with Gasteiger partial charge in [0.05, 0.1) is 12.2 Å². The lowest BCUT2D eigenvalue weighted by Gasteiger charge is -2.08. The number of benzene rings is 1. The van der Waals surface area contributed by atoms with Crippen molar-refractivity contribution < 1.29 is 9.53 Å². The Hall–Kier alpha value is -2.63. The Bertz CT molecular complexity index is 641. The summed E-state index contributed by atoms with van der Waals surface area (Å²) in [5, 5.41) is 2.67. The molecule has 1 aromatic carbocycles. The molecule has 0 atom stereocenters. The topological polar surface area (TPSA) is 90.1 Å². The van der Waals surface area contributed by atoms with Crippen LogP contribution in [0.5, 0.6) is 5.75 Å². The van der Waals surface area contributed by atoms with Crippen LogP contribution in [-0.2, 0) is 0 Å². The van der Waals surface area contributed by atoms with Crippen LogP contribution in [0, 0.1) is 0 Å². The minimum absolute atomic E-state index is 0.169. The predicted molar refractivity (Wildman–Crippen MR) is 85.7 cm³/mol. The number of carbonyl (C=O) groups is 1. The monoisotopic (exact) mass is 300 g/mol. The van der Waals surface area contributed by atoms with Crippen molar-refractivity contribution in [2.24, 2.45) is 0 Å². The molecule has 1 heterocycles. The molecular formula is C16H20N4O2. The van der Waals surface area contributed by atoms with E-state index in [-0.39, 0.29) is 17.3 Å². The number of hydrogen-bond donors (Lipinski definition) is 2. The third-order valence-electron chi connectivity index (χ3n) is 2.99. The lowest BCUT2D eigenvalue weighted by atomic mass is 10.2. The van der Waals surface area contributed by atoms with Crippen molar-refractivity contribution in [2.75, 3.05) is 18.9 Å². The number of carbonyl (C=O) groups excluding carboxylic acids is 1. The van der Waals surface area contributed by atoms with Gasteiger partial charge in [-0.1, -0.05) is 6.92 Å². The highest BCUT2D eigenvalue weighted by atomic mass is 16.5. The van der Waals surface area contributed by atoms with Gasteiger partial charge >= 0.3 is 0 Å². The fraction of sp³-hybridized carbons (Fsp3) is 0.312. The third-order valence-corrected chi connectivity index (χ3v) is 2.99. The summed E-state index contributed by atoms with van der Waals surface area (Å²) >= 11 is 0. The molecule has 0 bridgehead atoms. The predicted octanol–water partition coefficient (Wildman–Crippen LogP) is 2.26. The van der Waals surface area contributed by atoms with Crippen LogP contribution in [0.15, 0.2) is 30.5 Å². The van der Waals surface area contributed by atoms with Gasteiger partial charge in [0.2, 0.25) is 0 Å². The summed E-state index contributed by atoms with van der Waals surface area (Å²) in [6, 6.07) is 7.46. The summed E-state index contributed by atoms with van der Waals surface area (Å²) in [5.41, 5.74) is 6.95. The minimum Gasteiger partial charge on any atom is -0.494 e. The molecule has 0 saturated carbocycles. The lowest BCUT2D eigenvalue weighted by Crippen LogP contribution is -2.24. The molecule has 2 aromatic rings. The van der Waals surface area contributed by atoms with E-state index in [1.807, 2.05) is 31.2 Å². The van der Waals surface area contributed by atoms with Crippen molar-refractivity contribution >= 4 is 11.7 Å². The van der Waals surface area contributed by atoms with Crippen LogP contribution in [0.1, 0.15) is 30.6 Å². The van der Waals surface area contributed by atoms with Crippen molar-refractivity contribution in [3.05, 3.63) is 36.0 Å². The molecule has 116 valence electrons. The molecule has 0 aliphatic rings. The molecule has 6 heteroatoms. The maximum Gasteiger partial charge on any atom is 0.256 e. The molecule has 0 radical (unpaired) electrons. The van der Waals surface area contributed by atoms with E-state index in [0.717, 1.165) is 17.7 Å². The van der Waals surface area contributed by atoms with E-state index in [4.69, 9.17) is 10.5 Å². The van der Waals surface area contributed by atoms with Gasteiger partial charge in [-0.25, -0.2) is 9.97 Å². The van der Waals surface area contributed by atoms with Crippen molar-refractivity contribution in [3.63, 3.8) is 0 Å². The highest BCUT2D eigenvalue weighted by molar-refractivity contribution is 5.98. The van der Waals surface area contributed by atoms with E-state index in [9.17, 15) is 4.79 Å². The summed E-state index contributed by atoms with van der Waals surface area (Å²) in [6.07, 6.45) is 2.41. The van der Waals surface area contributed by atoms with Gasteiger partial charge in [0.25, 0.3) is 5.91 Å². The smallest absolute Gasteiger partial charge is 0.256 e. The molecule has 0 aliphatic carbocycles. The number of aromatic nitrogens is 2. The number of nitrogens with zero attached hydrogens (tertiary/aromatic N) is 2. The number of amides is 1. The molecule has 6 nitrogen and oxygen atoms in total. The number of nitrogens with two attached hydrogens (primary N) is 1. The molecule has 0 spiro atoms. The van der Waals surface area contributed by atoms with E-state index in [1.165, 1.54) is 6.20 Å². The molecule has 0 aliphatic heterocycles. The zero-order chi connectivity index (χ0) is 15.9. The van der Waals surface area contributed by atoms with Gasteiger partial charge in [0.15, 0.2) is 5.82 Å². The van der Waals surface area contributed by atoms with Crippen molar-refractivity contribution in [1.29, 1.82) is 0 Å². The first kappa shape index (κ1) is 15.8. The molecule has 0 saturated heterocycles. The van der Waals surface area contributed by atoms with Gasteiger partial charge in [0, 0.05) is 18.3 Å². The van der Waals surface area contributed by atoms with E-state index in [0.29, 0.717) is 19.0 Å². The Kier molecular flexibility index (Phi) is 5.30. The molecule has 1 aromatic heterocycles. The first-order valence-electron chi connectivity index (χ1n) is 7.29. The Balaban J connectivity index is 2.19. The zero-order valence-corrected chi connectivity index (χ0v) is 12.8. The van der Waals surface area contributed by atoms with E-state index in [2.05, 4.69) is 22.2 Å². The molecule has 1 amide bonds. The Morgan fingerprint density at radius 1 is 1.27 bits per heavy atom. The average Bonchev–Trinajstić information content (AvgIpc) is 2.53. The highest BCUT2D eigenvalue weighted by Crippen LogP contribution is 2.21. The molecular weight excluding hydrogens is 280 g/mol. The van der Waals surface area contributed by atoms with Gasteiger partial charge in [0.1, 0.15) is 11.6 Å². The minimum atomic E-state index is -0.269. The summed E-state index contributed by atoms with van der Waals surface area (Å²) in [6.45, 7) is 5.11. The van der Waals surface area contributed by atoms with Crippen molar-refractivity contribution in [2.45, 2.75) is 20.3 Å². The maximum absolute atomic E-state index is 11.8. The number of anilines is 1. The summed E-state index contributed by atoms with van der Waals surface area (Å²) in [5.74, 6) is 1.18. The molecule has 0 fully saturated rings. The standard InChI is InChI=1S/C16H20N4O2/c1-3-9-22-12-7-5-11(6-8-12)15-19-10-13(14(17)20-15)16(21)18-4-2/h5-8,10H,3-4,9H2,1-2H3,(H,18,21)(H2,17,19,20). The van der Waals surface area contributed by atoms with Crippen molar-refractivity contribution in [3.8, 4) is 17.1 Å². The van der Waals surface area contributed by atoms with Crippen LogP contribution in [0.2, 0.25) is 0 Å². The maximum atomic E-state index is 11.8. The second-order valence-electron chi connectivity index (χ2n) is 4.72. The van der Waals surface area contributed by atoms with E-state index >= 15 is 0 Å². The van der Waals surface area contributed by atoms with Gasteiger partial charge in [-0.3, -0.25) is 4.79 Å². The Labute approximate surface area is 129 Å². The van der Waals surface area contributed by atoms with Gasteiger partial charge in [-0.05, 0) is 37.6 Å². The Morgan fingerprint density at radius 3 is 2.59 bits per heavy atom. The normalized spacial score (nSPS) is 10.3. The molecule has 22 heavy (non-hydrogen) atoms. The average molecular weight is 300 g/mol. The van der Waals surface area contributed by atoms with Gasteiger partial charge in [-0.2, -0.15) is 0 Å². The van der Waals surface area contributed by atoms with Crippen LogP contribution in [0.4, 0.5) is 5.82 Å². The van der Waals surface area contributed by atoms with E-state index < -0.39 is 0 Å². The van der Waals surface area contributed by atoms with Crippen LogP contribution < -0.4 is 15.8 Å². The largest absolute Gasteiger partial charge is 0.494 e. The van der Waals surface area contributed by atoms with Gasteiger partial charge in [-0.15, -0.1) is 0 Å². The number of nitrogen functional groups attached to an aromatic ring is 1. The zero-order valence-electron chi connectivity index (χ0n) is 12.8. The first-order valence-corrected chi connectivity index (χ1v) is 7.29. The fourth-order valence-electron chi connectivity index (χ4n) is 1.88. The number of hydrogen-bond acceptors (Lipinski definition) is 5. The number of ether oxygens (including phenoxy) is 1. The third kappa shape index (κ3) is 3.72. The summed E-state index contributed by atoms with van der Waals surface area (Å²) in [4.78, 5) is 20.2. The summed E-state index contributed by atoms with van der Waals surface area (Å²) < 4.78 is 5.53. The lowest BCUT2D eigenvalue weighted by molar-refractivity contribution is 0.0956. The molecule has 3 N–H and O–H groups in total. The van der Waals surface area contributed by atoms with Crippen LogP contribution in [0.3, 0.4) is 0 Å². The second kappa shape index (κ2) is 7.40. The number of nitrogens with one attached hydrogen (secondary N) is 1. The van der Waals surface area contributed by atoms with Crippen LogP contribution in [-0.4, -0.2) is 29.0 Å².